The number of aromatic nitrogens is 2. The Balaban J connectivity index is 2.00. The van der Waals surface area contributed by atoms with Crippen LogP contribution in [-0.2, 0) is 4.74 Å². The topological polar surface area (TPSA) is 35.8 Å². The largest absolute Gasteiger partial charge is 0.496 e. The molecule has 3 aromatic rings. The van der Waals surface area contributed by atoms with E-state index in [0.29, 0.717) is 13.2 Å². The number of likely N-dealkylation sites (N-methyl/N-ethyl adjacent to an activating group) is 1. The fourth-order valence-electron chi connectivity index (χ4n) is 4.94. The molecular weight excluding hydrogens is 432 g/mol. The first-order chi connectivity index (χ1) is 15.3. The summed E-state index contributed by atoms with van der Waals surface area (Å²) in [6.45, 7) is 4.88. The SMILES string of the molecule is COc1cc(C)cc(C)c1-c1cccc2c([N+](C)(CC(F)F)C3CCOC3)c(SC)nn12. The number of rotatable bonds is 7. The molecule has 5 nitrogen and oxygen atoms in total. The molecule has 1 aliphatic rings. The van der Waals surface area contributed by atoms with Gasteiger partial charge in [-0.15, -0.1) is 11.8 Å². The lowest BCUT2D eigenvalue weighted by Crippen LogP contribution is -2.56. The molecule has 4 rings (SSSR count). The van der Waals surface area contributed by atoms with Gasteiger partial charge in [0.25, 0.3) is 6.43 Å². The number of benzene rings is 1. The van der Waals surface area contributed by atoms with Crippen molar-refractivity contribution in [2.24, 2.45) is 0 Å². The highest BCUT2D eigenvalue weighted by molar-refractivity contribution is 7.98. The normalized spacial score (nSPS) is 18.4. The summed E-state index contributed by atoms with van der Waals surface area (Å²) in [7, 11) is 3.56. The zero-order valence-electron chi connectivity index (χ0n) is 19.2. The van der Waals surface area contributed by atoms with Crippen LogP contribution in [-0.4, -0.2) is 62.3 Å². The summed E-state index contributed by atoms with van der Waals surface area (Å²) >= 11 is 1.49. The van der Waals surface area contributed by atoms with E-state index in [1.165, 1.54) is 11.8 Å². The number of nitrogens with zero attached hydrogens (tertiary/aromatic N) is 3. The number of pyridine rings is 1. The van der Waals surface area contributed by atoms with E-state index >= 15 is 0 Å². The molecule has 0 amide bonds. The Labute approximate surface area is 191 Å². The smallest absolute Gasteiger partial charge is 0.286 e. The minimum Gasteiger partial charge on any atom is -0.496 e. The van der Waals surface area contributed by atoms with Gasteiger partial charge >= 0.3 is 0 Å². The fraction of sp³-hybridized carbons (Fsp3) is 0.458. The number of thioether (sulfide) groups is 1. The van der Waals surface area contributed by atoms with Crippen LogP contribution in [0.4, 0.5) is 14.5 Å². The van der Waals surface area contributed by atoms with E-state index in [2.05, 4.69) is 13.0 Å². The molecule has 0 aliphatic carbocycles. The van der Waals surface area contributed by atoms with Gasteiger partial charge in [-0.2, -0.15) is 5.10 Å². The summed E-state index contributed by atoms with van der Waals surface area (Å²) in [5.41, 5.74) is 5.69. The van der Waals surface area contributed by atoms with Gasteiger partial charge in [-0.05, 0) is 49.4 Å². The van der Waals surface area contributed by atoms with Crippen LogP contribution in [0.3, 0.4) is 0 Å². The molecule has 0 saturated carbocycles. The number of aryl methyl sites for hydroxylation is 2. The number of alkyl halides is 2. The lowest BCUT2D eigenvalue weighted by atomic mass is 10.0. The van der Waals surface area contributed by atoms with E-state index in [4.69, 9.17) is 14.6 Å². The summed E-state index contributed by atoms with van der Waals surface area (Å²) in [5.74, 6) is 0.770. The van der Waals surface area contributed by atoms with Crippen molar-refractivity contribution < 1.29 is 18.3 Å². The van der Waals surface area contributed by atoms with Crippen LogP contribution in [0, 0.1) is 13.8 Å². The van der Waals surface area contributed by atoms with Crippen molar-refractivity contribution in [3.63, 3.8) is 0 Å². The number of hydrogen-bond acceptors (Lipinski definition) is 4. The van der Waals surface area contributed by atoms with Crippen molar-refractivity contribution in [3.8, 4) is 17.0 Å². The first-order valence-corrected chi connectivity index (χ1v) is 12.0. The molecule has 1 fully saturated rings. The standard InChI is InChI=1S/C24H30F2N3O2S/c1-15-11-16(2)22(20(12-15)30-4)18-7-6-8-19-23(24(32-5)27-28(18)19)29(3,13-21(25)26)17-9-10-31-14-17/h6-8,11-12,17,21H,9-10,13-14H2,1-5H3/q+1. The predicted molar refractivity (Wildman–Crippen MR) is 126 cm³/mol. The average Bonchev–Trinajstić information content (AvgIpc) is 3.41. The van der Waals surface area contributed by atoms with Crippen LogP contribution in [0.15, 0.2) is 35.4 Å². The molecule has 2 atom stereocenters. The van der Waals surface area contributed by atoms with E-state index < -0.39 is 6.43 Å². The molecule has 2 unspecified atom stereocenters. The molecule has 1 aromatic carbocycles. The third-order valence-electron chi connectivity index (χ3n) is 6.45. The van der Waals surface area contributed by atoms with Gasteiger partial charge in [-0.25, -0.2) is 13.3 Å². The summed E-state index contributed by atoms with van der Waals surface area (Å²) < 4.78 is 41.0. The van der Waals surface area contributed by atoms with Crippen LogP contribution in [0.5, 0.6) is 5.75 Å². The van der Waals surface area contributed by atoms with Gasteiger partial charge in [0.2, 0.25) is 0 Å². The molecule has 0 N–H and O–H groups in total. The average molecular weight is 463 g/mol. The van der Waals surface area contributed by atoms with E-state index in [1.54, 1.807) is 7.11 Å². The number of fused-ring (bicyclic) bond motifs is 1. The summed E-state index contributed by atoms with van der Waals surface area (Å²) in [6, 6.07) is 10.0. The van der Waals surface area contributed by atoms with Gasteiger partial charge in [0.15, 0.2) is 10.7 Å². The van der Waals surface area contributed by atoms with Crippen LogP contribution < -0.4 is 9.22 Å². The quantitative estimate of drug-likeness (QED) is 0.351. The zero-order valence-corrected chi connectivity index (χ0v) is 20.0. The molecule has 32 heavy (non-hydrogen) atoms. The lowest BCUT2D eigenvalue weighted by molar-refractivity contribution is 0.0769. The fourth-order valence-corrected chi connectivity index (χ4v) is 5.61. The van der Waals surface area contributed by atoms with Crippen molar-refractivity contribution in [1.29, 1.82) is 0 Å². The predicted octanol–water partition coefficient (Wildman–Crippen LogP) is 5.34. The molecule has 2 aromatic heterocycles. The first-order valence-electron chi connectivity index (χ1n) is 10.7. The molecular formula is C24H30F2N3O2S+. The number of ether oxygens (including phenoxy) is 2. The van der Waals surface area contributed by atoms with Crippen molar-refractivity contribution in [2.75, 3.05) is 40.2 Å². The Kier molecular flexibility index (Phi) is 6.47. The van der Waals surface area contributed by atoms with Gasteiger partial charge in [0.05, 0.1) is 33.1 Å². The summed E-state index contributed by atoms with van der Waals surface area (Å²) in [5, 5.41) is 5.67. The van der Waals surface area contributed by atoms with Crippen molar-refractivity contribution >= 4 is 23.0 Å². The minimum atomic E-state index is -2.44. The molecule has 0 bridgehead atoms. The monoisotopic (exact) mass is 462 g/mol. The molecule has 1 aliphatic heterocycles. The Morgan fingerprint density at radius 2 is 2.09 bits per heavy atom. The molecule has 172 valence electrons. The van der Waals surface area contributed by atoms with Gasteiger partial charge in [-0.1, -0.05) is 12.1 Å². The highest BCUT2D eigenvalue weighted by Crippen LogP contribution is 2.43. The lowest BCUT2D eigenvalue weighted by Gasteiger charge is -2.38. The van der Waals surface area contributed by atoms with Crippen LogP contribution >= 0.6 is 11.8 Å². The maximum atomic E-state index is 13.8. The molecule has 1 saturated heterocycles. The Morgan fingerprint density at radius 3 is 2.72 bits per heavy atom. The Hall–Kier alpha value is -2.16. The Bertz CT molecular complexity index is 1130. The van der Waals surface area contributed by atoms with Gasteiger partial charge in [0.1, 0.15) is 23.9 Å². The molecule has 8 heteroatoms. The zero-order chi connectivity index (χ0) is 23.0. The molecule has 0 spiro atoms. The third-order valence-corrected chi connectivity index (χ3v) is 7.12. The van der Waals surface area contributed by atoms with Crippen LogP contribution in [0.1, 0.15) is 17.5 Å². The molecule has 3 heterocycles. The summed E-state index contributed by atoms with van der Waals surface area (Å²) in [6.07, 6.45) is 0.257. The highest BCUT2D eigenvalue weighted by Gasteiger charge is 2.44. The van der Waals surface area contributed by atoms with E-state index in [0.717, 1.165) is 50.8 Å². The second-order valence-corrected chi connectivity index (χ2v) is 9.38. The second-order valence-electron chi connectivity index (χ2n) is 8.58. The van der Waals surface area contributed by atoms with Gasteiger partial charge in [-0.3, -0.25) is 4.48 Å². The van der Waals surface area contributed by atoms with E-state index in [1.807, 2.05) is 49.0 Å². The van der Waals surface area contributed by atoms with Gasteiger partial charge < -0.3 is 9.47 Å². The maximum Gasteiger partial charge on any atom is 0.286 e. The maximum absolute atomic E-state index is 13.8. The van der Waals surface area contributed by atoms with E-state index in [-0.39, 0.29) is 17.1 Å². The van der Waals surface area contributed by atoms with E-state index in [9.17, 15) is 8.78 Å². The number of methoxy groups -OCH3 is 1. The summed E-state index contributed by atoms with van der Waals surface area (Å²) in [4.78, 5) is 0. The first kappa shape index (κ1) is 23.0. The minimum absolute atomic E-state index is 0.0396. The second kappa shape index (κ2) is 9.00. The number of halogens is 2. The highest BCUT2D eigenvalue weighted by atomic mass is 32.2. The third kappa shape index (κ3) is 3.89. The van der Waals surface area contributed by atoms with Crippen LogP contribution in [0.25, 0.3) is 16.8 Å². The van der Waals surface area contributed by atoms with Crippen molar-refractivity contribution in [2.45, 2.75) is 37.8 Å². The van der Waals surface area contributed by atoms with Crippen molar-refractivity contribution in [1.82, 2.24) is 14.1 Å². The van der Waals surface area contributed by atoms with Gasteiger partial charge in [0, 0.05) is 12.0 Å². The number of quaternary nitrogens is 1. The van der Waals surface area contributed by atoms with Crippen molar-refractivity contribution in [3.05, 3.63) is 41.5 Å². The van der Waals surface area contributed by atoms with Crippen LogP contribution in [0.2, 0.25) is 0 Å². The molecule has 0 radical (unpaired) electrons. The Morgan fingerprint density at radius 1 is 1.31 bits per heavy atom. The number of hydrogen-bond donors (Lipinski definition) is 0.